The van der Waals surface area contributed by atoms with Crippen LogP contribution in [-0.2, 0) is 24.3 Å². The van der Waals surface area contributed by atoms with Crippen LogP contribution >= 0.6 is 11.8 Å². The van der Waals surface area contributed by atoms with Crippen molar-refractivity contribution >= 4 is 27.8 Å². The van der Waals surface area contributed by atoms with Gasteiger partial charge >= 0.3 is 5.97 Å². The van der Waals surface area contributed by atoms with Gasteiger partial charge in [0.25, 0.3) is 0 Å². The number of hydrogen-bond donors (Lipinski definition) is 0. The molecule has 1 atom stereocenters. The molecule has 34 heavy (non-hydrogen) atoms. The molecule has 2 heterocycles. The van der Waals surface area contributed by atoms with Crippen LogP contribution in [0.3, 0.4) is 0 Å². The number of carbonyl (C=O) groups excluding carboxylic acids is 1. The second-order valence-electron chi connectivity index (χ2n) is 7.45. The molecule has 1 saturated heterocycles. The summed E-state index contributed by atoms with van der Waals surface area (Å²) in [5.41, 5.74) is 1.06. The van der Waals surface area contributed by atoms with Gasteiger partial charge in [0.2, 0.25) is 10.0 Å². The lowest BCUT2D eigenvalue weighted by molar-refractivity contribution is -0.139. The smallest absolute Gasteiger partial charge is 0.318 e. The maximum absolute atomic E-state index is 13.6. The Balaban J connectivity index is 1.78. The van der Waals surface area contributed by atoms with Gasteiger partial charge in [0.1, 0.15) is 11.1 Å². The molecular weight excluding hydrogens is 483 g/mol. The van der Waals surface area contributed by atoms with Crippen molar-refractivity contribution in [2.75, 3.05) is 33.4 Å². The molecule has 2 aromatic carbocycles. The molecule has 0 amide bonds. The number of rotatable bonds is 7. The van der Waals surface area contributed by atoms with E-state index in [1.54, 1.807) is 35.8 Å². The number of halogens is 1. The van der Waals surface area contributed by atoms with Gasteiger partial charge < -0.3 is 9.47 Å². The highest BCUT2D eigenvalue weighted by molar-refractivity contribution is 8.00. The lowest BCUT2D eigenvalue weighted by Gasteiger charge is -2.26. The van der Waals surface area contributed by atoms with Crippen LogP contribution in [0.15, 0.2) is 58.6 Å². The number of morpholine rings is 1. The summed E-state index contributed by atoms with van der Waals surface area (Å²) in [5, 5.41) is 8.31. The predicted octanol–water partition coefficient (Wildman–Crippen LogP) is 2.75. The Morgan fingerprint density at radius 1 is 1.15 bits per heavy atom. The van der Waals surface area contributed by atoms with E-state index in [4.69, 9.17) is 9.47 Å². The van der Waals surface area contributed by atoms with Gasteiger partial charge in [-0.15, -0.1) is 10.2 Å². The normalized spacial score (nSPS) is 15.7. The second-order valence-corrected chi connectivity index (χ2v) is 10.7. The van der Waals surface area contributed by atoms with Crippen molar-refractivity contribution in [3.05, 3.63) is 54.3 Å². The van der Waals surface area contributed by atoms with E-state index in [1.807, 2.05) is 0 Å². The fourth-order valence-corrected chi connectivity index (χ4v) is 5.81. The van der Waals surface area contributed by atoms with Gasteiger partial charge in [-0.25, -0.2) is 12.8 Å². The summed E-state index contributed by atoms with van der Waals surface area (Å²) in [6.45, 7) is 2.93. The molecule has 1 fully saturated rings. The van der Waals surface area contributed by atoms with Crippen molar-refractivity contribution in [1.29, 1.82) is 0 Å². The van der Waals surface area contributed by atoms with E-state index in [0.29, 0.717) is 35.4 Å². The van der Waals surface area contributed by atoms with E-state index < -0.39 is 27.1 Å². The zero-order valence-corrected chi connectivity index (χ0v) is 20.2. The van der Waals surface area contributed by atoms with Crippen LogP contribution in [0.5, 0.6) is 0 Å². The minimum Gasteiger partial charge on any atom is -0.468 e. The Morgan fingerprint density at radius 3 is 2.53 bits per heavy atom. The minimum atomic E-state index is -3.72. The summed E-state index contributed by atoms with van der Waals surface area (Å²) >= 11 is 1.13. The van der Waals surface area contributed by atoms with Crippen molar-refractivity contribution < 1.29 is 27.1 Å². The van der Waals surface area contributed by atoms with Crippen molar-refractivity contribution in [1.82, 2.24) is 19.1 Å². The number of sulfonamides is 1. The van der Waals surface area contributed by atoms with Crippen LogP contribution in [0, 0.1) is 5.82 Å². The van der Waals surface area contributed by atoms with Gasteiger partial charge in [-0.3, -0.25) is 9.36 Å². The molecule has 0 N–H and O–H groups in total. The first kappa shape index (κ1) is 24.3. The molecule has 0 spiro atoms. The number of carbonyl (C=O) groups is 1. The van der Waals surface area contributed by atoms with Crippen LogP contribution in [0.1, 0.15) is 6.92 Å². The average molecular weight is 507 g/mol. The number of esters is 1. The molecule has 0 radical (unpaired) electrons. The van der Waals surface area contributed by atoms with Crippen LogP contribution in [0.25, 0.3) is 17.1 Å². The van der Waals surface area contributed by atoms with Crippen molar-refractivity contribution in [3.63, 3.8) is 0 Å². The quantitative estimate of drug-likeness (QED) is 0.356. The van der Waals surface area contributed by atoms with E-state index in [9.17, 15) is 17.6 Å². The zero-order chi connectivity index (χ0) is 24.3. The van der Waals surface area contributed by atoms with Gasteiger partial charge in [-0.2, -0.15) is 4.31 Å². The average Bonchev–Trinajstić information content (AvgIpc) is 3.28. The molecule has 9 nitrogen and oxygen atoms in total. The van der Waals surface area contributed by atoms with Gasteiger partial charge in [0.15, 0.2) is 11.0 Å². The molecule has 0 saturated carbocycles. The first-order valence-electron chi connectivity index (χ1n) is 10.5. The van der Waals surface area contributed by atoms with Gasteiger partial charge in [0.05, 0.1) is 25.2 Å². The molecule has 0 bridgehead atoms. The molecule has 1 aromatic heterocycles. The molecule has 3 aromatic rings. The second kappa shape index (κ2) is 10.2. The Bertz CT molecular complexity index is 1270. The first-order valence-corrected chi connectivity index (χ1v) is 12.8. The summed E-state index contributed by atoms with van der Waals surface area (Å²) < 4.78 is 53.0. The van der Waals surface area contributed by atoms with E-state index in [2.05, 4.69) is 10.2 Å². The Kier molecular flexibility index (Phi) is 7.31. The highest BCUT2D eigenvalue weighted by atomic mass is 32.2. The largest absolute Gasteiger partial charge is 0.468 e. The summed E-state index contributed by atoms with van der Waals surface area (Å²) in [5.74, 6) is -0.488. The fourth-order valence-electron chi connectivity index (χ4n) is 3.46. The molecule has 180 valence electrons. The number of ether oxygens (including phenoxy) is 2. The highest BCUT2D eigenvalue weighted by Crippen LogP contribution is 2.32. The first-order chi connectivity index (χ1) is 16.3. The predicted molar refractivity (Wildman–Crippen MR) is 124 cm³/mol. The third kappa shape index (κ3) is 4.99. The Morgan fingerprint density at radius 2 is 1.85 bits per heavy atom. The van der Waals surface area contributed by atoms with E-state index in [-0.39, 0.29) is 18.0 Å². The summed E-state index contributed by atoms with van der Waals surface area (Å²) in [6, 6.07) is 12.1. The van der Waals surface area contributed by atoms with Crippen LogP contribution in [0.4, 0.5) is 4.39 Å². The molecule has 1 aliphatic heterocycles. The fraction of sp³-hybridized carbons (Fsp3) is 0.318. The SMILES string of the molecule is COC(=O)[C@@H](C)Sc1nnc(-c2cccc(S(=O)(=O)N3CCOCC3)c2)n1-c1ccc(F)cc1. The number of aromatic nitrogens is 3. The number of nitrogens with zero attached hydrogens (tertiary/aromatic N) is 4. The molecular formula is C22H23FN4O5S2. The van der Waals surface area contributed by atoms with Crippen molar-refractivity contribution in [2.24, 2.45) is 0 Å². The molecule has 1 aliphatic rings. The van der Waals surface area contributed by atoms with Crippen LogP contribution in [0.2, 0.25) is 0 Å². The van der Waals surface area contributed by atoms with E-state index >= 15 is 0 Å². The minimum absolute atomic E-state index is 0.123. The topological polar surface area (TPSA) is 104 Å². The van der Waals surface area contributed by atoms with Crippen LogP contribution < -0.4 is 0 Å². The van der Waals surface area contributed by atoms with Gasteiger partial charge in [-0.05, 0) is 43.3 Å². The molecule has 4 rings (SSSR count). The number of benzene rings is 2. The standard InChI is InChI=1S/C22H23FN4O5S2/c1-15(21(28)31-2)33-22-25-24-20(27(22)18-8-6-17(23)7-9-18)16-4-3-5-19(14-16)34(29,30)26-10-12-32-13-11-26/h3-9,14-15H,10-13H2,1-2H3/t15-/m1/s1. The Labute approximate surface area is 200 Å². The molecule has 0 aliphatic carbocycles. The summed E-state index contributed by atoms with van der Waals surface area (Å²) in [4.78, 5) is 12.1. The Hall–Kier alpha value is -2.80. The van der Waals surface area contributed by atoms with Crippen molar-refractivity contribution in [2.45, 2.75) is 22.2 Å². The van der Waals surface area contributed by atoms with Crippen LogP contribution in [-0.4, -0.2) is 72.1 Å². The third-order valence-electron chi connectivity index (χ3n) is 5.23. The summed E-state index contributed by atoms with van der Waals surface area (Å²) in [7, 11) is -2.42. The maximum atomic E-state index is 13.6. The number of thioether (sulfide) groups is 1. The zero-order valence-electron chi connectivity index (χ0n) is 18.5. The van der Waals surface area contributed by atoms with Gasteiger partial charge in [0, 0.05) is 24.3 Å². The molecule has 12 heteroatoms. The molecule has 0 unspecified atom stereocenters. The number of hydrogen-bond acceptors (Lipinski definition) is 8. The van der Waals surface area contributed by atoms with E-state index in [0.717, 1.165) is 11.8 Å². The lowest BCUT2D eigenvalue weighted by Crippen LogP contribution is -2.40. The van der Waals surface area contributed by atoms with Crippen molar-refractivity contribution in [3.8, 4) is 17.1 Å². The summed E-state index contributed by atoms with van der Waals surface area (Å²) in [6.07, 6.45) is 0. The monoisotopic (exact) mass is 506 g/mol. The highest BCUT2D eigenvalue weighted by Gasteiger charge is 2.28. The maximum Gasteiger partial charge on any atom is 0.318 e. The number of methoxy groups -OCH3 is 1. The van der Waals surface area contributed by atoms with Gasteiger partial charge in [-0.1, -0.05) is 23.9 Å². The van der Waals surface area contributed by atoms with E-state index in [1.165, 1.54) is 35.7 Å². The lowest BCUT2D eigenvalue weighted by atomic mass is 10.2. The third-order valence-corrected chi connectivity index (χ3v) is 8.15.